The van der Waals surface area contributed by atoms with Crippen molar-refractivity contribution in [1.82, 2.24) is 0 Å². The minimum absolute atomic E-state index is 0.0538. The molecule has 0 unspecified atom stereocenters. The van der Waals surface area contributed by atoms with Crippen molar-refractivity contribution in [3.63, 3.8) is 0 Å². The van der Waals surface area contributed by atoms with Crippen molar-refractivity contribution in [3.8, 4) is 0 Å². The van der Waals surface area contributed by atoms with Gasteiger partial charge in [-0.2, -0.15) is 0 Å². The molecule has 2 aromatic carbocycles. The molecule has 0 aromatic heterocycles. The average Bonchev–Trinajstić information content (AvgIpc) is 2.43. The zero-order chi connectivity index (χ0) is 14.9. The Kier molecular flexibility index (Phi) is 4.16. The van der Waals surface area contributed by atoms with E-state index in [-0.39, 0.29) is 21.2 Å². The van der Waals surface area contributed by atoms with Gasteiger partial charge >= 0.3 is 0 Å². The molecule has 0 N–H and O–H groups in total. The lowest BCUT2D eigenvalue weighted by molar-refractivity contribution is 0.0817. The van der Waals surface area contributed by atoms with Crippen LogP contribution in [0.25, 0.3) is 0 Å². The van der Waals surface area contributed by atoms with E-state index in [2.05, 4.69) is 0 Å². The van der Waals surface area contributed by atoms with Crippen LogP contribution in [0.1, 0.15) is 20.7 Å². The lowest BCUT2D eigenvalue weighted by Crippen LogP contribution is -2.14. The van der Waals surface area contributed by atoms with Crippen LogP contribution in [-0.2, 0) is 0 Å². The Morgan fingerprint density at radius 1 is 0.750 bits per heavy atom. The fraction of sp³-hybridized carbons (Fsp3) is 0. The van der Waals surface area contributed by atoms with E-state index in [1.165, 1.54) is 0 Å². The van der Waals surface area contributed by atoms with Crippen molar-refractivity contribution in [2.24, 2.45) is 0 Å². The van der Waals surface area contributed by atoms with Crippen LogP contribution in [0.2, 0.25) is 10.0 Å². The first-order chi connectivity index (χ1) is 9.40. The van der Waals surface area contributed by atoms with Crippen LogP contribution in [0.15, 0.2) is 36.4 Å². The molecule has 0 atom stereocenters. The maximum absolute atomic E-state index is 13.0. The third-order valence-corrected chi connectivity index (χ3v) is 3.15. The van der Waals surface area contributed by atoms with Crippen LogP contribution < -0.4 is 0 Å². The largest absolute Gasteiger partial charge is 0.285 e. The van der Waals surface area contributed by atoms with Crippen LogP contribution in [0.5, 0.6) is 0 Å². The van der Waals surface area contributed by atoms with E-state index in [4.69, 9.17) is 23.2 Å². The minimum atomic E-state index is -0.880. The average molecular weight is 315 g/mol. The number of rotatable bonds is 3. The standard InChI is InChI=1S/C14H6Cl2F2O2/c15-9-5-7(1-3-11(9)17)13(19)14(20)8-2-4-12(18)10(16)6-8/h1-6H. The topological polar surface area (TPSA) is 34.1 Å². The van der Waals surface area contributed by atoms with Gasteiger partial charge in [-0.3, -0.25) is 9.59 Å². The highest BCUT2D eigenvalue weighted by Crippen LogP contribution is 2.20. The van der Waals surface area contributed by atoms with E-state index in [1.807, 2.05) is 0 Å². The summed E-state index contributed by atoms with van der Waals surface area (Å²) >= 11 is 11.1. The van der Waals surface area contributed by atoms with Crippen LogP contribution in [0.3, 0.4) is 0 Å². The summed E-state index contributed by atoms with van der Waals surface area (Å²) in [5.41, 5.74) is -0.108. The van der Waals surface area contributed by atoms with Gasteiger partial charge in [-0.1, -0.05) is 23.2 Å². The van der Waals surface area contributed by atoms with Gasteiger partial charge in [-0.05, 0) is 36.4 Å². The summed E-state index contributed by atoms with van der Waals surface area (Å²) in [4.78, 5) is 23.9. The second kappa shape index (κ2) is 5.69. The molecule has 0 aliphatic heterocycles. The number of carbonyl (C=O) groups is 2. The highest BCUT2D eigenvalue weighted by molar-refractivity contribution is 6.49. The summed E-state index contributed by atoms with van der Waals surface area (Å²) in [5.74, 6) is -3.15. The SMILES string of the molecule is O=C(C(=O)c1ccc(F)c(Cl)c1)c1ccc(F)c(Cl)c1. The van der Waals surface area contributed by atoms with Crippen molar-refractivity contribution in [3.05, 3.63) is 69.2 Å². The van der Waals surface area contributed by atoms with Gasteiger partial charge in [0.2, 0.25) is 11.6 Å². The van der Waals surface area contributed by atoms with Gasteiger partial charge in [0.15, 0.2) is 0 Å². The highest BCUT2D eigenvalue weighted by Gasteiger charge is 2.20. The quantitative estimate of drug-likeness (QED) is 0.624. The van der Waals surface area contributed by atoms with E-state index in [0.29, 0.717) is 0 Å². The predicted molar refractivity (Wildman–Crippen MR) is 71.5 cm³/mol. The van der Waals surface area contributed by atoms with Crippen molar-refractivity contribution >= 4 is 34.8 Å². The third-order valence-electron chi connectivity index (χ3n) is 2.57. The van der Waals surface area contributed by atoms with E-state index in [1.54, 1.807) is 0 Å². The lowest BCUT2D eigenvalue weighted by Gasteiger charge is -2.03. The first kappa shape index (κ1) is 14.6. The fourth-order valence-electron chi connectivity index (χ4n) is 1.54. The second-order valence-electron chi connectivity index (χ2n) is 3.92. The van der Waals surface area contributed by atoms with E-state index >= 15 is 0 Å². The normalized spacial score (nSPS) is 10.4. The van der Waals surface area contributed by atoms with Crippen LogP contribution >= 0.6 is 23.2 Å². The lowest BCUT2D eigenvalue weighted by atomic mass is 10.0. The first-order valence-electron chi connectivity index (χ1n) is 5.39. The molecule has 0 amide bonds. The maximum atomic E-state index is 13.0. The molecular weight excluding hydrogens is 309 g/mol. The number of hydrogen-bond acceptors (Lipinski definition) is 2. The Morgan fingerprint density at radius 3 is 1.40 bits per heavy atom. The van der Waals surface area contributed by atoms with Crippen molar-refractivity contribution < 1.29 is 18.4 Å². The molecule has 0 saturated carbocycles. The predicted octanol–water partition coefficient (Wildman–Crippen LogP) is 4.34. The molecule has 102 valence electrons. The molecule has 0 spiro atoms. The summed E-state index contributed by atoms with van der Waals surface area (Å²) in [6.07, 6.45) is 0. The zero-order valence-electron chi connectivity index (χ0n) is 9.79. The molecule has 0 bridgehead atoms. The summed E-state index contributed by atoms with van der Waals surface area (Å²) in [6.45, 7) is 0. The number of carbonyl (C=O) groups excluding carboxylic acids is 2. The molecule has 2 rings (SSSR count). The molecule has 0 radical (unpaired) electrons. The molecule has 2 nitrogen and oxygen atoms in total. The van der Waals surface area contributed by atoms with Crippen molar-refractivity contribution in [2.45, 2.75) is 0 Å². The van der Waals surface area contributed by atoms with Gasteiger partial charge in [0.05, 0.1) is 10.0 Å². The Morgan fingerprint density at radius 2 is 1.10 bits per heavy atom. The molecule has 6 heteroatoms. The smallest absolute Gasteiger partial charge is 0.233 e. The number of benzene rings is 2. The molecule has 0 saturated heterocycles. The van der Waals surface area contributed by atoms with Crippen LogP contribution in [-0.4, -0.2) is 11.6 Å². The van der Waals surface area contributed by atoms with E-state index in [0.717, 1.165) is 36.4 Å². The van der Waals surface area contributed by atoms with Gasteiger partial charge in [0, 0.05) is 11.1 Å². The van der Waals surface area contributed by atoms with Gasteiger partial charge in [-0.15, -0.1) is 0 Å². The molecule has 2 aromatic rings. The third kappa shape index (κ3) is 2.86. The van der Waals surface area contributed by atoms with Crippen LogP contribution in [0, 0.1) is 11.6 Å². The summed E-state index contributed by atoms with van der Waals surface area (Å²) < 4.78 is 26.0. The molecular formula is C14H6Cl2F2O2. The van der Waals surface area contributed by atoms with Gasteiger partial charge in [-0.25, -0.2) is 8.78 Å². The summed E-state index contributed by atoms with van der Waals surface area (Å²) in [6, 6.07) is 6.38. The number of hydrogen-bond donors (Lipinski definition) is 0. The Balaban J connectivity index is 2.34. The number of Topliss-reactive ketones (excluding diaryl/α,β-unsaturated/α-hetero) is 2. The summed E-state index contributed by atoms with van der Waals surface area (Å²) in [7, 11) is 0. The van der Waals surface area contributed by atoms with Gasteiger partial charge in [0.25, 0.3) is 0 Å². The van der Waals surface area contributed by atoms with Gasteiger partial charge < -0.3 is 0 Å². The minimum Gasteiger partial charge on any atom is -0.285 e. The van der Waals surface area contributed by atoms with Gasteiger partial charge in [0.1, 0.15) is 11.6 Å². The fourth-order valence-corrected chi connectivity index (χ4v) is 1.90. The summed E-state index contributed by atoms with van der Waals surface area (Å²) in [5, 5.41) is -0.526. The Labute approximate surface area is 122 Å². The molecule has 20 heavy (non-hydrogen) atoms. The van der Waals surface area contributed by atoms with Crippen molar-refractivity contribution in [1.29, 1.82) is 0 Å². The number of halogens is 4. The number of ketones is 2. The monoisotopic (exact) mass is 314 g/mol. The molecule has 0 heterocycles. The first-order valence-corrected chi connectivity index (χ1v) is 6.15. The highest BCUT2D eigenvalue weighted by atomic mass is 35.5. The molecule has 0 aliphatic rings. The second-order valence-corrected chi connectivity index (χ2v) is 4.73. The Hall–Kier alpha value is -1.78. The maximum Gasteiger partial charge on any atom is 0.233 e. The van der Waals surface area contributed by atoms with E-state index < -0.39 is 23.2 Å². The van der Waals surface area contributed by atoms with E-state index in [9.17, 15) is 18.4 Å². The molecule has 0 fully saturated rings. The van der Waals surface area contributed by atoms with Crippen LogP contribution in [0.4, 0.5) is 8.78 Å². The van der Waals surface area contributed by atoms with Crippen molar-refractivity contribution in [2.75, 3.05) is 0 Å². The zero-order valence-corrected chi connectivity index (χ0v) is 11.3. The Bertz CT molecular complexity index is 653. The molecule has 0 aliphatic carbocycles.